The van der Waals surface area contributed by atoms with Gasteiger partial charge in [0.1, 0.15) is 6.33 Å². The SMILES string of the molecule is CC1OCCC1n1c(=O)c2c(-n3cc(C(C)(C)C)nn3)ncn2c2ccccc21. The summed E-state index contributed by atoms with van der Waals surface area (Å²) in [6.45, 7) is 8.91. The van der Waals surface area contributed by atoms with Crippen LogP contribution >= 0.6 is 0 Å². The summed E-state index contributed by atoms with van der Waals surface area (Å²) in [7, 11) is 0. The third kappa shape index (κ3) is 2.70. The van der Waals surface area contributed by atoms with Gasteiger partial charge < -0.3 is 4.74 Å². The second kappa shape index (κ2) is 6.25. The van der Waals surface area contributed by atoms with Crippen LogP contribution in [0.1, 0.15) is 45.9 Å². The Morgan fingerprint density at radius 1 is 1.17 bits per heavy atom. The fourth-order valence-corrected chi connectivity index (χ4v) is 4.08. The van der Waals surface area contributed by atoms with Crippen molar-refractivity contribution in [2.24, 2.45) is 0 Å². The summed E-state index contributed by atoms with van der Waals surface area (Å²) >= 11 is 0. The van der Waals surface area contributed by atoms with E-state index >= 15 is 0 Å². The van der Waals surface area contributed by atoms with Gasteiger partial charge in [-0.2, -0.15) is 4.68 Å². The molecule has 1 aromatic carbocycles. The number of aromatic nitrogens is 6. The number of hydrogen-bond acceptors (Lipinski definition) is 5. The van der Waals surface area contributed by atoms with Crippen molar-refractivity contribution in [3.63, 3.8) is 0 Å². The summed E-state index contributed by atoms with van der Waals surface area (Å²) < 4.78 is 11.1. The minimum absolute atomic E-state index is 0.0129. The second-order valence-corrected chi connectivity index (χ2v) is 8.68. The highest BCUT2D eigenvalue weighted by Crippen LogP contribution is 2.29. The van der Waals surface area contributed by atoms with Crippen molar-refractivity contribution >= 4 is 16.6 Å². The first-order valence-electron chi connectivity index (χ1n) is 9.91. The lowest BCUT2D eigenvalue weighted by Gasteiger charge is -2.20. The van der Waals surface area contributed by atoms with E-state index < -0.39 is 0 Å². The van der Waals surface area contributed by atoms with Crippen LogP contribution in [0.25, 0.3) is 22.4 Å². The van der Waals surface area contributed by atoms with Crippen LogP contribution in [0.3, 0.4) is 0 Å². The molecule has 1 aliphatic heterocycles. The molecule has 0 aliphatic carbocycles. The van der Waals surface area contributed by atoms with Crippen LogP contribution in [0.2, 0.25) is 0 Å². The molecule has 0 radical (unpaired) electrons. The second-order valence-electron chi connectivity index (χ2n) is 8.68. The van der Waals surface area contributed by atoms with Crippen molar-refractivity contribution in [1.29, 1.82) is 0 Å². The summed E-state index contributed by atoms with van der Waals surface area (Å²) in [5, 5.41) is 8.55. The molecular weight excluding hydrogens is 368 g/mol. The molecule has 4 aromatic rings. The Hall–Kier alpha value is -3.00. The number of rotatable bonds is 2. The predicted molar refractivity (Wildman–Crippen MR) is 110 cm³/mol. The number of para-hydroxylation sites is 2. The molecule has 0 saturated carbocycles. The minimum Gasteiger partial charge on any atom is -0.376 e. The van der Waals surface area contributed by atoms with Crippen molar-refractivity contribution in [3.8, 4) is 5.82 Å². The Balaban J connectivity index is 1.82. The van der Waals surface area contributed by atoms with Crippen LogP contribution in [0, 0.1) is 0 Å². The molecule has 2 atom stereocenters. The molecule has 8 nitrogen and oxygen atoms in total. The van der Waals surface area contributed by atoms with Crippen molar-refractivity contribution < 1.29 is 4.74 Å². The Morgan fingerprint density at radius 2 is 1.93 bits per heavy atom. The van der Waals surface area contributed by atoms with Crippen LogP contribution in [0.4, 0.5) is 0 Å². The Kier molecular flexibility index (Phi) is 3.89. The van der Waals surface area contributed by atoms with Crippen LogP contribution in [-0.4, -0.2) is 41.7 Å². The maximum Gasteiger partial charge on any atom is 0.279 e. The quantitative estimate of drug-likeness (QED) is 0.524. The molecule has 3 aromatic heterocycles. The van der Waals surface area contributed by atoms with Crippen molar-refractivity contribution in [1.82, 2.24) is 28.9 Å². The average Bonchev–Trinajstić information content (AvgIpc) is 3.40. The van der Waals surface area contributed by atoms with Gasteiger partial charge in [0.15, 0.2) is 11.3 Å². The Morgan fingerprint density at radius 3 is 2.59 bits per heavy atom. The number of benzene rings is 1. The van der Waals surface area contributed by atoms with E-state index in [1.807, 2.05) is 46.4 Å². The van der Waals surface area contributed by atoms with Gasteiger partial charge in [-0.05, 0) is 25.5 Å². The largest absolute Gasteiger partial charge is 0.376 e. The van der Waals surface area contributed by atoms with Gasteiger partial charge in [-0.3, -0.25) is 13.8 Å². The zero-order valence-corrected chi connectivity index (χ0v) is 17.0. The zero-order chi connectivity index (χ0) is 20.3. The lowest BCUT2D eigenvalue weighted by Crippen LogP contribution is -2.30. The monoisotopic (exact) mass is 392 g/mol. The third-order valence-electron chi connectivity index (χ3n) is 5.72. The molecule has 0 N–H and O–H groups in total. The van der Waals surface area contributed by atoms with Crippen molar-refractivity contribution in [2.75, 3.05) is 6.61 Å². The van der Waals surface area contributed by atoms with E-state index in [1.165, 1.54) is 0 Å². The highest BCUT2D eigenvalue weighted by Gasteiger charge is 2.30. The number of imidazole rings is 1. The highest BCUT2D eigenvalue weighted by molar-refractivity contribution is 5.81. The topological polar surface area (TPSA) is 79.2 Å². The molecular formula is C21H24N6O2. The molecule has 1 aliphatic rings. The molecule has 4 heterocycles. The van der Waals surface area contributed by atoms with E-state index in [1.54, 1.807) is 11.0 Å². The van der Waals surface area contributed by atoms with Gasteiger partial charge >= 0.3 is 0 Å². The predicted octanol–water partition coefficient (Wildman–Crippen LogP) is 2.88. The van der Waals surface area contributed by atoms with Crippen LogP contribution < -0.4 is 5.56 Å². The van der Waals surface area contributed by atoms with Gasteiger partial charge in [0.2, 0.25) is 0 Å². The molecule has 8 heteroatoms. The molecule has 1 fully saturated rings. The summed E-state index contributed by atoms with van der Waals surface area (Å²) in [5.41, 5.74) is 2.91. The van der Waals surface area contributed by atoms with Gasteiger partial charge in [-0.25, -0.2) is 4.98 Å². The average molecular weight is 392 g/mol. The Labute approximate surface area is 167 Å². The van der Waals surface area contributed by atoms with E-state index in [2.05, 4.69) is 36.1 Å². The number of hydrogen-bond donors (Lipinski definition) is 0. The fourth-order valence-electron chi connectivity index (χ4n) is 4.08. The first-order chi connectivity index (χ1) is 13.9. The number of fused-ring (bicyclic) bond motifs is 3. The molecule has 0 amide bonds. The maximum atomic E-state index is 13.7. The standard InChI is InChI=1S/C21H24N6O2/c1-13-14(9-10-29-13)27-16-8-6-5-7-15(16)25-12-22-19(18(25)20(27)28)26-11-17(23-24-26)21(2,3)4/h5-8,11-14H,9-10H2,1-4H3. The molecule has 2 unspecified atom stereocenters. The normalized spacial score (nSPS) is 20.1. The van der Waals surface area contributed by atoms with E-state index in [-0.39, 0.29) is 23.1 Å². The first kappa shape index (κ1) is 18.1. The number of nitrogens with zero attached hydrogens (tertiary/aromatic N) is 6. The van der Waals surface area contributed by atoms with Crippen LogP contribution in [0.15, 0.2) is 41.6 Å². The molecule has 150 valence electrons. The lowest BCUT2D eigenvalue weighted by molar-refractivity contribution is 0.108. The molecule has 5 rings (SSSR count). The van der Waals surface area contributed by atoms with E-state index in [4.69, 9.17) is 4.74 Å². The third-order valence-corrected chi connectivity index (χ3v) is 5.72. The minimum atomic E-state index is -0.142. The van der Waals surface area contributed by atoms with Gasteiger partial charge in [-0.1, -0.05) is 38.1 Å². The van der Waals surface area contributed by atoms with E-state index in [0.717, 1.165) is 23.1 Å². The number of ether oxygens (including phenoxy) is 1. The van der Waals surface area contributed by atoms with Gasteiger partial charge in [0.25, 0.3) is 5.56 Å². The summed E-state index contributed by atoms with van der Waals surface area (Å²) in [6, 6.07) is 7.90. The lowest BCUT2D eigenvalue weighted by atomic mass is 9.93. The molecule has 0 spiro atoms. The van der Waals surface area contributed by atoms with Crippen molar-refractivity contribution in [2.45, 2.75) is 51.7 Å². The molecule has 0 bridgehead atoms. The van der Waals surface area contributed by atoms with Crippen LogP contribution in [-0.2, 0) is 10.2 Å². The van der Waals surface area contributed by atoms with Gasteiger partial charge in [0.05, 0.1) is 35.1 Å². The van der Waals surface area contributed by atoms with Crippen LogP contribution in [0.5, 0.6) is 0 Å². The highest BCUT2D eigenvalue weighted by atomic mass is 16.5. The van der Waals surface area contributed by atoms with Gasteiger partial charge in [-0.15, -0.1) is 5.10 Å². The van der Waals surface area contributed by atoms with E-state index in [9.17, 15) is 4.79 Å². The summed E-state index contributed by atoms with van der Waals surface area (Å²) in [5.74, 6) is 0.490. The van der Waals surface area contributed by atoms with Crippen molar-refractivity contribution in [3.05, 3.63) is 52.8 Å². The molecule has 29 heavy (non-hydrogen) atoms. The molecule has 1 saturated heterocycles. The maximum absolute atomic E-state index is 13.7. The summed E-state index contributed by atoms with van der Waals surface area (Å²) in [6.07, 6.45) is 4.32. The Bertz CT molecular complexity index is 1280. The van der Waals surface area contributed by atoms with E-state index in [0.29, 0.717) is 17.9 Å². The van der Waals surface area contributed by atoms with Gasteiger partial charge in [0, 0.05) is 12.0 Å². The fraction of sp³-hybridized carbons (Fsp3) is 0.429. The smallest absolute Gasteiger partial charge is 0.279 e. The first-order valence-corrected chi connectivity index (χ1v) is 9.91. The summed E-state index contributed by atoms with van der Waals surface area (Å²) in [4.78, 5) is 18.3. The zero-order valence-electron chi connectivity index (χ0n) is 17.0.